The van der Waals surface area contributed by atoms with E-state index < -0.39 is 5.97 Å². The molecule has 0 radical (unpaired) electrons. The monoisotopic (exact) mass is 260 g/mol. The average molecular weight is 260 g/mol. The number of rotatable bonds is 4. The lowest BCUT2D eigenvalue weighted by Crippen LogP contribution is -2.13. The van der Waals surface area contributed by atoms with Crippen LogP contribution in [0.25, 0.3) is 0 Å². The quantitative estimate of drug-likeness (QED) is 0.626. The summed E-state index contributed by atoms with van der Waals surface area (Å²) < 4.78 is 5.01. The van der Waals surface area contributed by atoms with E-state index in [0.717, 1.165) is 5.56 Å². The van der Waals surface area contributed by atoms with Gasteiger partial charge in [-0.2, -0.15) is 0 Å². The molecule has 0 amide bonds. The second-order valence-electron chi connectivity index (χ2n) is 3.80. The summed E-state index contributed by atoms with van der Waals surface area (Å²) in [7, 11) is 0. The molecular formula is C14H12O3S. The first-order chi connectivity index (χ1) is 8.68. The lowest BCUT2D eigenvalue weighted by atomic mass is 10.1. The van der Waals surface area contributed by atoms with E-state index in [9.17, 15) is 9.59 Å². The van der Waals surface area contributed by atoms with Gasteiger partial charge in [-0.1, -0.05) is 30.3 Å². The van der Waals surface area contributed by atoms with Crippen LogP contribution in [-0.2, 0) is 4.74 Å². The fourth-order valence-corrected chi connectivity index (χ4v) is 2.30. The number of ether oxygens (including phenoxy) is 1. The van der Waals surface area contributed by atoms with Crippen molar-refractivity contribution in [3.63, 3.8) is 0 Å². The fraction of sp³-hybridized carbons (Fsp3) is 0.143. The molecule has 92 valence electrons. The maximum atomic E-state index is 11.7. The van der Waals surface area contributed by atoms with Crippen LogP contribution in [0.4, 0.5) is 0 Å². The van der Waals surface area contributed by atoms with Gasteiger partial charge in [-0.3, -0.25) is 4.79 Å². The summed E-state index contributed by atoms with van der Waals surface area (Å²) in [4.78, 5) is 24.0. The molecule has 3 nitrogen and oxygen atoms in total. The summed E-state index contributed by atoms with van der Waals surface area (Å²) in [5.41, 5.74) is 1.42. The predicted octanol–water partition coefficient (Wildman–Crippen LogP) is 3.10. The zero-order valence-electron chi connectivity index (χ0n) is 9.88. The van der Waals surface area contributed by atoms with Crippen LogP contribution in [0.15, 0.2) is 41.8 Å². The van der Waals surface area contributed by atoms with Crippen molar-refractivity contribution in [2.24, 2.45) is 0 Å². The Morgan fingerprint density at radius 2 is 1.89 bits per heavy atom. The van der Waals surface area contributed by atoms with Gasteiger partial charge >= 0.3 is 5.97 Å². The molecule has 0 spiro atoms. The van der Waals surface area contributed by atoms with E-state index in [1.54, 1.807) is 24.3 Å². The van der Waals surface area contributed by atoms with E-state index in [1.165, 1.54) is 11.3 Å². The smallest absolute Gasteiger partial charge is 0.349 e. The summed E-state index contributed by atoms with van der Waals surface area (Å²) in [5.74, 6) is -0.634. The van der Waals surface area contributed by atoms with Crippen molar-refractivity contribution < 1.29 is 14.3 Å². The van der Waals surface area contributed by atoms with Gasteiger partial charge in [0.25, 0.3) is 0 Å². The second-order valence-corrected chi connectivity index (χ2v) is 4.71. The van der Waals surface area contributed by atoms with Crippen molar-refractivity contribution >= 4 is 23.1 Å². The molecule has 0 saturated heterocycles. The van der Waals surface area contributed by atoms with Crippen molar-refractivity contribution in [3.8, 4) is 0 Å². The van der Waals surface area contributed by atoms with Gasteiger partial charge in [0.2, 0.25) is 0 Å². The van der Waals surface area contributed by atoms with Crippen LogP contribution in [0, 0.1) is 6.92 Å². The van der Waals surface area contributed by atoms with Crippen LogP contribution in [0.5, 0.6) is 0 Å². The Kier molecular flexibility index (Phi) is 3.89. The van der Waals surface area contributed by atoms with Gasteiger partial charge in [0.1, 0.15) is 4.88 Å². The van der Waals surface area contributed by atoms with Crippen LogP contribution in [0.3, 0.4) is 0 Å². The Labute approximate surface area is 109 Å². The summed E-state index contributed by atoms with van der Waals surface area (Å²) >= 11 is 1.32. The minimum Gasteiger partial charge on any atom is -0.453 e. The van der Waals surface area contributed by atoms with Gasteiger partial charge < -0.3 is 4.74 Å². The Hall–Kier alpha value is -1.94. The third-order valence-corrected chi connectivity index (χ3v) is 3.47. The fourth-order valence-electron chi connectivity index (χ4n) is 1.49. The van der Waals surface area contributed by atoms with E-state index in [0.29, 0.717) is 10.4 Å². The lowest BCUT2D eigenvalue weighted by molar-refractivity contribution is 0.0479. The molecule has 0 saturated carbocycles. The predicted molar refractivity (Wildman–Crippen MR) is 70.1 cm³/mol. The second kappa shape index (κ2) is 5.60. The highest BCUT2D eigenvalue weighted by molar-refractivity contribution is 7.12. The number of hydrogen-bond donors (Lipinski definition) is 0. The van der Waals surface area contributed by atoms with E-state index in [4.69, 9.17) is 4.74 Å². The first-order valence-corrected chi connectivity index (χ1v) is 6.36. The molecule has 0 aliphatic rings. The van der Waals surface area contributed by atoms with Crippen LogP contribution in [-0.4, -0.2) is 18.4 Å². The molecule has 0 atom stereocenters. The number of aryl methyl sites for hydroxylation is 1. The largest absolute Gasteiger partial charge is 0.453 e. The van der Waals surface area contributed by atoms with Gasteiger partial charge in [0, 0.05) is 5.56 Å². The summed E-state index contributed by atoms with van der Waals surface area (Å²) in [5, 5.41) is 1.82. The van der Waals surface area contributed by atoms with E-state index in [-0.39, 0.29) is 12.4 Å². The van der Waals surface area contributed by atoms with Crippen LogP contribution >= 0.6 is 11.3 Å². The van der Waals surface area contributed by atoms with Crippen LogP contribution < -0.4 is 0 Å². The third-order valence-electron chi connectivity index (χ3n) is 2.48. The first-order valence-electron chi connectivity index (χ1n) is 5.48. The van der Waals surface area contributed by atoms with Crippen molar-refractivity contribution in [1.82, 2.24) is 0 Å². The normalized spacial score (nSPS) is 10.1. The molecule has 0 aliphatic carbocycles. The zero-order chi connectivity index (χ0) is 13.0. The zero-order valence-corrected chi connectivity index (χ0v) is 10.7. The molecular weight excluding hydrogens is 248 g/mol. The maximum absolute atomic E-state index is 11.7. The highest BCUT2D eigenvalue weighted by atomic mass is 32.1. The van der Waals surface area contributed by atoms with Gasteiger partial charge in [-0.15, -0.1) is 11.3 Å². The number of hydrogen-bond acceptors (Lipinski definition) is 4. The average Bonchev–Trinajstić information content (AvgIpc) is 2.83. The van der Waals surface area contributed by atoms with Gasteiger partial charge in [0.15, 0.2) is 12.4 Å². The Bertz CT molecular complexity index is 557. The van der Waals surface area contributed by atoms with Crippen molar-refractivity contribution in [2.45, 2.75) is 6.92 Å². The Balaban J connectivity index is 1.95. The molecule has 18 heavy (non-hydrogen) atoms. The van der Waals surface area contributed by atoms with Crippen LogP contribution in [0.2, 0.25) is 0 Å². The SMILES string of the molecule is Cc1ccsc1C(=O)OCC(=O)c1ccccc1. The molecule has 0 aliphatic heterocycles. The standard InChI is InChI=1S/C14H12O3S/c1-10-7-8-18-13(10)14(16)17-9-12(15)11-5-3-2-4-6-11/h2-8H,9H2,1H3. The Morgan fingerprint density at radius 3 is 2.50 bits per heavy atom. The van der Waals surface area contributed by atoms with E-state index in [1.807, 2.05) is 24.4 Å². The van der Waals surface area contributed by atoms with Crippen LogP contribution in [0.1, 0.15) is 25.6 Å². The van der Waals surface area contributed by atoms with Gasteiger partial charge in [-0.25, -0.2) is 4.79 Å². The van der Waals surface area contributed by atoms with Crippen molar-refractivity contribution in [3.05, 3.63) is 57.8 Å². The summed E-state index contributed by atoms with van der Waals surface area (Å²) in [6, 6.07) is 10.6. The molecule has 1 aromatic heterocycles. The number of thiophene rings is 1. The molecule has 1 heterocycles. The lowest BCUT2D eigenvalue weighted by Gasteiger charge is -2.03. The minimum atomic E-state index is -0.438. The van der Waals surface area contributed by atoms with E-state index in [2.05, 4.69) is 0 Å². The molecule has 2 rings (SSSR count). The molecule has 0 unspecified atom stereocenters. The molecule has 4 heteroatoms. The van der Waals surface area contributed by atoms with E-state index >= 15 is 0 Å². The van der Waals surface area contributed by atoms with Crippen molar-refractivity contribution in [1.29, 1.82) is 0 Å². The highest BCUT2D eigenvalue weighted by Gasteiger charge is 2.14. The Morgan fingerprint density at radius 1 is 1.17 bits per heavy atom. The molecule has 0 fully saturated rings. The minimum absolute atomic E-state index is 0.196. The molecule has 2 aromatic rings. The van der Waals surface area contributed by atoms with Gasteiger partial charge in [0.05, 0.1) is 0 Å². The molecule has 0 bridgehead atoms. The molecule has 1 aromatic carbocycles. The maximum Gasteiger partial charge on any atom is 0.349 e. The summed E-state index contributed by atoms with van der Waals surface area (Å²) in [6.07, 6.45) is 0. The number of ketones is 1. The number of carbonyl (C=O) groups excluding carboxylic acids is 2. The third kappa shape index (κ3) is 2.84. The molecule has 0 N–H and O–H groups in total. The van der Waals surface area contributed by atoms with Gasteiger partial charge in [-0.05, 0) is 23.9 Å². The number of benzene rings is 1. The number of Topliss-reactive ketones (excluding diaryl/α,β-unsaturated/α-hetero) is 1. The highest BCUT2D eigenvalue weighted by Crippen LogP contribution is 2.16. The van der Waals surface area contributed by atoms with Crippen molar-refractivity contribution in [2.75, 3.05) is 6.61 Å². The number of carbonyl (C=O) groups is 2. The summed E-state index contributed by atoms with van der Waals surface area (Å²) in [6.45, 7) is 1.62. The topological polar surface area (TPSA) is 43.4 Å². The number of esters is 1. The first kappa shape index (κ1) is 12.5.